The maximum atomic E-state index is 10.4. The van der Waals surface area contributed by atoms with Crippen LogP contribution in [0.3, 0.4) is 0 Å². The van der Waals surface area contributed by atoms with E-state index in [1.807, 2.05) is 41.0 Å². The number of hydrogen-bond acceptors (Lipinski definition) is 2. The molecule has 0 unspecified atom stereocenters. The van der Waals surface area contributed by atoms with Crippen LogP contribution in [0.2, 0.25) is 0 Å². The molecule has 0 saturated heterocycles. The summed E-state index contributed by atoms with van der Waals surface area (Å²) in [4.78, 5) is 4.80. The number of benzene rings is 7. The zero-order chi connectivity index (χ0) is 86.5. The number of rotatable bonds is 8. The molecule has 0 radical (unpaired) electrons. The molecule has 0 bridgehead atoms. The number of fused-ring (bicyclic) bond motifs is 6. The van der Waals surface area contributed by atoms with Crippen LogP contribution in [0.25, 0.3) is 72.3 Å². The first kappa shape index (κ1) is 24.0. The average molecular weight is 1240 g/mol. The molecule has 1 saturated carbocycles. The predicted molar refractivity (Wildman–Crippen MR) is 316 cm³/mol. The van der Waals surface area contributed by atoms with E-state index in [2.05, 4.69) is 32.3 Å². The molecule has 3 aliphatic carbocycles. The average Bonchev–Trinajstić information content (AvgIpc) is 1.04. The summed E-state index contributed by atoms with van der Waals surface area (Å²) in [5.41, 5.74) is -29.9. The van der Waals surface area contributed by atoms with Gasteiger partial charge in [-0.2, -0.15) is 18.2 Å². The first-order valence-corrected chi connectivity index (χ1v) is 24.8. The number of pyridine rings is 1. The molecule has 78 heavy (non-hydrogen) atoms. The maximum Gasteiger partial charge on any atom is 0.268 e. The molecule has 5 nitrogen and oxygen atoms in total. The largest absolute Gasteiger partial charge is 0.510 e. The Morgan fingerprint density at radius 2 is 1.23 bits per heavy atom. The normalized spacial score (nSPS) is 29.7. The third-order valence-electron chi connectivity index (χ3n) is 14.7. The fraction of sp³-hybridized carbons (Fsp3) is 0.333. The first-order chi connectivity index (χ1) is 52.8. The van der Waals surface area contributed by atoms with Gasteiger partial charge in [-0.25, -0.2) is 4.98 Å². The van der Waals surface area contributed by atoms with E-state index < -0.39 is 194 Å². The molecule has 0 aliphatic heterocycles. The second-order valence-electron chi connectivity index (χ2n) is 20.6. The van der Waals surface area contributed by atoms with Crippen LogP contribution in [0.5, 0.6) is 11.5 Å². The zero-order valence-corrected chi connectivity index (χ0v) is 44.1. The number of para-hydroxylation sites is 4. The van der Waals surface area contributed by atoms with Crippen molar-refractivity contribution < 1.29 is 83.8 Å². The van der Waals surface area contributed by atoms with Gasteiger partial charge in [0.05, 0.1) is 24.9 Å². The topological polar surface area (TPSA) is 35.9 Å². The summed E-state index contributed by atoms with van der Waals surface area (Å²) < 4.78 is 373. The third-order valence-corrected chi connectivity index (χ3v) is 14.7. The van der Waals surface area contributed by atoms with Crippen molar-refractivity contribution >= 4 is 32.8 Å². The second-order valence-corrected chi connectivity index (χ2v) is 20.6. The van der Waals surface area contributed by atoms with Gasteiger partial charge in [0.25, 0.3) is 6.33 Å². The van der Waals surface area contributed by atoms with Gasteiger partial charge in [0.1, 0.15) is 5.82 Å². The molecule has 0 spiro atoms. The van der Waals surface area contributed by atoms with E-state index in [9.17, 15) is 20.6 Å². The standard InChI is InChI=1S/C72H72N4O.Pt/c1-68(2)34-31-47(32-35-68)48-33-40-73-66(43-48)76-62-22-12-11-19-56(62)57-28-27-53(45-65(57)76)77-52-18-15-17-51(44-52)74-46-75(64-24-14-13-23-63(64)74)67-54(49-25-29-58-60(41-49)71(7,8)38-36-69(58,3)4)20-16-21-55(67)50-26-30-59-61(42-50)72(9,10)39-37-70(59,5)6;/h11-30,33,40-43,47H,31-32,34-39H2,1-10H3;/q-2;/i3D3,4D3,5D3,6D3,7D3,8D3,9D3,10D3,25D,26D,29D,30D,36D2,37D2,38D2,39D2,41D,42D,47D;. The Morgan fingerprint density at radius 3 is 1.88 bits per heavy atom. The minimum Gasteiger partial charge on any atom is -0.510 e. The molecule has 398 valence electrons. The van der Waals surface area contributed by atoms with Crippen molar-refractivity contribution in [1.29, 1.82) is 0 Å². The van der Waals surface area contributed by atoms with Gasteiger partial charge in [0.2, 0.25) is 0 Å². The Morgan fingerprint density at radius 1 is 0.641 bits per heavy atom. The quantitative estimate of drug-likeness (QED) is 0.112. The Labute approximate surface area is 531 Å². The summed E-state index contributed by atoms with van der Waals surface area (Å²) >= 11 is 0. The molecule has 3 aliphatic rings. The molecule has 0 atom stereocenters. The van der Waals surface area contributed by atoms with E-state index in [0.717, 1.165) is 57.5 Å². The van der Waals surface area contributed by atoms with Gasteiger partial charge in [-0.05, 0) is 163 Å². The molecule has 0 amide bonds. The van der Waals surface area contributed by atoms with Crippen molar-refractivity contribution in [2.75, 3.05) is 0 Å². The molecular weight excluding hydrogens is 1130 g/mol. The van der Waals surface area contributed by atoms with Crippen molar-refractivity contribution in [3.63, 3.8) is 0 Å². The minimum absolute atomic E-state index is 0. The van der Waals surface area contributed by atoms with Crippen molar-refractivity contribution in [3.8, 4) is 50.9 Å². The minimum atomic E-state index is -4.86. The van der Waals surface area contributed by atoms with E-state index in [-0.39, 0.29) is 54.7 Å². The first-order valence-electron chi connectivity index (χ1n) is 44.3. The molecule has 1 fully saturated rings. The van der Waals surface area contributed by atoms with Crippen LogP contribution < -0.4 is 9.30 Å². The smallest absolute Gasteiger partial charge is 0.268 e. The van der Waals surface area contributed by atoms with Crippen LogP contribution in [0, 0.1) is 23.9 Å². The van der Waals surface area contributed by atoms with Crippen LogP contribution in [0.15, 0.2) is 152 Å². The number of ether oxygens (including phenoxy) is 1. The van der Waals surface area contributed by atoms with Crippen LogP contribution in [-0.2, 0) is 42.7 Å². The molecule has 0 N–H and O–H groups in total. The van der Waals surface area contributed by atoms with E-state index in [1.54, 1.807) is 18.3 Å². The van der Waals surface area contributed by atoms with Gasteiger partial charge in [0.15, 0.2) is 0 Å². The zero-order valence-electron chi connectivity index (χ0n) is 80.8. The number of hydrogen-bond donors (Lipinski definition) is 0. The van der Waals surface area contributed by atoms with Crippen molar-refractivity contribution in [3.05, 3.63) is 198 Å². The predicted octanol–water partition coefficient (Wildman–Crippen LogP) is 18.3. The SMILES string of the molecule is [2H]c1c([2H])c2c(c([2H])c1-c1cccc(-c3c([2H])c([2H])c4c(c3[2H])C(C([2H])([2H])[2H])(C([2H])([2H])[2H])C([2H])([2H])C([2H])([2H])C4(C([2H])([2H])[2H])C([2H])([2H])[2H])c1-[n+]1[c-]n(-c3[c-]c(Oc4[c-]c5c(cc4)c4ccccc4n5-c4cc(C5([2H])CCC(C)(C)CC5)ccn4)ccc3)c3ccccc31)C(C([2H])([2H])[2H])(C([2H])([2H])[2H])C([2H])([2H])C([2H])([2H])C2(C([2H])([2H])[2H])C([2H])([2H])[2H].[Pt]. The molecular formula is C72H72N4OPt-2. The Kier molecular flexibility index (Phi) is 5.88. The van der Waals surface area contributed by atoms with Crippen LogP contribution in [0.4, 0.5) is 0 Å². The Hall–Kier alpha value is -6.55. The summed E-state index contributed by atoms with van der Waals surface area (Å²) in [5, 5.41) is 1.55. The van der Waals surface area contributed by atoms with Gasteiger partial charge >= 0.3 is 0 Å². The summed E-state index contributed by atoms with van der Waals surface area (Å²) in [6.45, 7) is -32.1. The third kappa shape index (κ3) is 8.97. The van der Waals surface area contributed by atoms with Crippen molar-refractivity contribution in [2.45, 2.75) is 147 Å². The maximum absolute atomic E-state index is 10.4. The molecule has 3 aromatic heterocycles. The van der Waals surface area contributed by atoms with Crippen LogP contribution >= 0.6 is 0 Å². The number of aromatic nitrogens is 4. The second kappa shape index (κ2) is 19.1. The van der Waals surface area contributed by atoms with Gasteiger partial charge in [0, 0.05) is 89.5 Å². The van der Waals surface area contributed by atoms with E-state index in [1.165, 1.54) is 47.0 Å². The monoisotopic (exact) mass is 1240 g/mol. The van der Waals surface area contributed by atoms with E-state index in [4.69, 9.17) is 42.6 Å². The van der Waals surface area contributed by atoms with Gasteiger partial charge in [-0.15, -0.1) is 29.7 Å². The van der Waals surface area contributed by atoms with Crippen molar-refractivity contribution in [2.24, 2.45) is 5.41 Å². The van der Waals surface area contributed by atoms with Crippen molar-refractivity contribution in [1.82, 2.24) is 14.1 Å². The van der Waals surface area contributed by atoms with Gasteiger partial charge in [-0.3, -0.25) is 4.57 Å². The van der Waals surface area contributed by atoms with E-state index >= 15 is 0 Å². The summed E-state index contributed by atoms with van der Waals surface area (Å²) in [6.07, 6.45) is -11.7. The molecule has 10 aromatic rings. The fourth-order valence-corrected chi connectivity index (χ4v) is 10.6. The molecule has 6 heteroatoms. The number of nitrogens with zero attached hydrogens (tertiary/aromatic N) is 4. The summed E-state index contributed by atoms with van der Waals surface area (Å²) in [7, 11) is 0. The molecule has 13 rings (SSSR count). The summed E-state index contributed by atoms with van der Waals surface area (Å²) in [5.74, 6) is -0.341. The number of imidazole rings is 1. The van der Waals surface area contributed by atoms with Crippen LogP contribution in [0.1, 0.15) is 207 Å². The van der Waals surface area contributed by atoms with Gasteiger partial charge in [-0.1, -0.05) is 171 Å². The molecule has 3 heterocycles. The Balaban J connectivity index is 0.0000126. The Bertz CT molecular complexity index is 5460. The van der Waals surface area contributed by atoms with Gasteiger partial charge < -0.3 is 13.9 Å². The fourth-order valence-electron chi connectivity index (χ4n) is 10.6. The van der Waals surface area contributed by atoms with Crippen LogP contribution in [-0.4, -0.2) is 14.1 Å². The summed E-state index contributed by atoms with van der Waals surface area (Å²) in [6, 6.07) is 23.5. The van der Waals surface area contributed by atoms with E-state index in [0.29, 0.717) is 24.2 Å². The molecule has 7 aromatic carbocycles.